The summed E-state index contributed by atoms with van der Waals surface area (Å²) >= 11 is 3.57. The zero-order valence-electron chi connectivity index (χ0n) is 8.51. The van der Waals surface area contributed by atoms with Crippen molar-refractivity contribution in [2.24, 2.45) is 5.92 Å². The summed E-state index contributed by atoms with van der Waals surface area (Å²) < 4.78 is 26.6. The first kappa shape index (κ1) is 11.1. The molecule has 15 heavy (non-hydrogen) atoms. The summed E-state index contributed by atoms with van der Waals surface area (Å²) in [6, 6.07) is 4.46. The van der Waals surface area contributed by atoms with Gasteiger partial charge in [-0.3, -0.25) is 0 Å². The molecule has 1 saturated carbocycles. The average molecular weight is 275 g/mol. The minimum absolute atomic E-state index is 0.144. The van der Waals surface area contributed by atoms with Crippen molar-refractivity contribution >= 4 is 15.9 Å². The second-order valence-electron chi connectivity index (χ2n) is 4.20. The quantitative estimate of drug-likeness (QED) is 0.672. The molecule has 1 aromatic rings. The highest BCUT2D eigenvalue weighted by atomic mass is 79.9. The molecule has 1 aromatic carbocycles. The Morgan fingerprint density at radius 2 is 2.00 bits per heavy atom. The van der Waals surface area contributed by atoms with Crippen LogP contribution < -0.4 is 0 Å². The number of benzene rings is 1. The van der Waals surface area contributed by atoms with Crippen LogP contribution in [0.4, 0.5) is 8.78 Å². The maximum atomic E-state index is 13.6. The lowest BCUT2D eigenvalue weighted by Crippen LogP contribution is -2.11. The standard InChI is InChI=1S/C12H13BrF2/c1-7-8(5-6-10(7)13)9-3-2-4-11(14)12(9)15/h2-4,7-8,10H,5-6H2,1H3. The minimum Gasteiger partial charge on any atom is -0.204 e. The van der Waals surface area contributed by atoms with Crippen molar-refractivity contribution in [3.8, 4) is 0 Å². The van der Waals surface area contributed by atoms with Crippen LogP contribution in [0.2, 0.25) is 0 Å². The first-order valence-electron chi connectivity index (χ1n) is 5.19. The Balaban J connectivity index is 2.34. The maximum Gasteiger partial charge on any atom is 0.162 e. The topological polar surface area (TPSA) is 0 Å². The van der Waals surface area contributed by atoms with Crippen molar-refractivity contribution in [3.05, 3.63) is 35.4 Å². The molecule has 0 bridgehead atoms. The Morgan fingerprint density at radius 1 is 1.27 bits per heavy atom. The zero-order chi connectivity index (χ0) is 11.0. The summed E-state index contributed by atoms with van der Waals surface area (Å²) in [5.74, 6) is -0.903. The predicted molar refractivity (Wildman–Crippen MR) is 60.2 cm³/mol. The molecule has 0 aromatic heterocycles. The van der Waals surface area contributed by atoms with Crippen molar-refractivity contribution in [2.45, 2.75) is 30.5 Å². The monoisotopic (exact) mass is 274 g/mol. The van der Waals surface area contributed by atoms with Crippen LogP contribution in [-0.4, -0.2) is 4.83 Å². The molecule has 0 radical (unpaired) electrons. The molecule has 3 atom stereocenters. The predicted octanol–water partition coefficient (Wildman–Crippen LogP) is 4.24. The molecular weight excluding hydrogens is 262 g/mol. The van der Waals surface area contributed by atoms with E-state index >= 15 is 0 Å². The van der Waals surface area contributed by atoms with E-state index in [1.165, 1.54) is 6.07 Å². The number of hydrogen-bond donors (Lipinski definition) is 0. The third-order valence-electron chi connectivity index (χ3n) is 3.34. The molecule has 2 rings (SSSR count). The lowest BCUT2D eigenvalue weighted by atomic mass is 9.90. The van der Waals surface area contributed by atoms with Crippen LogP contribution in [0.3, 0.4) is 0 Å². The summed E-state index contributed by atoms with van der Waals surface area (Å²) in [5.41, 5.74) is 0.532. The fourth-order valence-corrected chi connectivity index (χ4v) is 2.99. The Kier molecular flexibility index (Phi) is 3.10. The van der Waals surface area contributed by atoms with Crippen LogP contribution in [-0.2, 0) is 0 Å². The number of rotatable bonds is 1. The van der Waals surface area contributed by atoms with E-state index in [2.05, 4.69) is 22.9 Å². The third-order valence-corrected chi connectivity index (χ3v) is 4.63. The van der Waals surface area contributed by atoms with E-state index < -0.39 is 11.6 Å². The molecule has 0 amide bonds. The van der Waals surface area contributed by atoms with Crippen molar-refractivity contribution in [3.63, 3.8) is 0 Å². The van der Waals surface area contributed by atoms with Gasteiger partial charge in [0.2, 0.25) is 0 Å². The van der Waals surface area contributed by atoms with E-state index in [0.29, 0.717) is 16.3 Å². The lowest BCUT2D eigenvalue weighted by molar-refractivity contribution is 0.464. The van der Waals surface area contributed by atoms with Crippen molar-refractivity contribution in [2.75, 3.05) is 0 Å². The van der Waals surface area contributed by atoms with E-state index in [-0.39, 0.29) is 5.92 Å². The Morgan fingerprint density at radius 3 is 2.60 bits per heavy atom. The maximum absolute atomic E-state index is 13.6. The van der Waals surface area contributed by atoms with Gasteiger partial charge >= 0.3 is 0 Å². The average Bonchev–Trinajstić information content (AvgIpc) is 2.53. The van der Waals surface area contributed by atoms with Crippen LogP contribution in [0.1, 0.15) is 31.2 Å². The summed E-state index contributed by atoms with van der Waals surface area (Å²) in [4.78, 5) is 0.421. The molecule has 0 aliphatic heterocycles. The molecule has 0 nitrogen and oxygen atoms in total. The molecule has 1 fully saturated rings. The fourth-order valence-electron chi connectivity index (χ4n) is 2.36. The summed E-state index contributed by atoms with van der Waals surface area (Å²) in [7, 11) is 0. The zero-order valence-corrected chi connectivity index (χ0v) is 10.1. The molecule has 1 aliphatic carbocycles. The van der Waals surface area contributed by atoms with Crippen LogP contribution in [0.5, 0.6) is 0 Å². The molecule has 0 N–H and O–H groups in total. The Labute approximate surface area is 96.8 Å². The lowest BCUT2D eigenvalue weighted by Gasteiger charge is -2.18. The molecule has 0 heterocycles. The number of hydrogen-bond acceptors (Lipinski definition) is 0. The van der Waals surface area contributed by atoms with E-state index in [1.54, 1.807) is 12.1 Å². The molecule has 82 valence electrons. The van der Waals surface area contributed by atoms with Gasteiger partial charge in [0.15, 0.2) is 11.6 Å². The van der Waals surface area contributed by atoms with Gasteiger partial charge in [0.25, 0.3) is 0 Å². The van der Waals surface area contributed by atoms with Crippen LogP contribution in [0.25, 0.3) is 0 Å². The van der Waals surface area contributed by atoms with E-state index in [0.717, 1.165) is 12.8 Å². The first-order chi connectivity index (χ1) is 7.11. The summed E-state index contributed by atoms with van der Waals surface area (Å²) in [6.07, 6.45) is 1.96. The second kappa shape index (κ2) is 4.20. The normalized spacial score (nSPS) is 30.8. The van der Waals surface area contributed by atoms with Gasteiger partial charge in [-0.2, -0.15) is 0 Å². The molecule has 3 unspecified atom stereocenters. The smallest absolute Gasteiger partial charge is 0.162 e. The van der Waals surface area contributed by atoms with Gasteiger partial charge in [0.1, 0.15) is 0 Å². The van der Waals surface area contributed by atoms with Crippen LogP contribution in [0.15, 0.2) is 18.2 Å². The van der Waals surface area contributed by atoms with Gasteiger partial charge < -0.3 is 0 Å². The van der Waals surface area contributed by atoms with Gasteiger partial charge in [0, 0.05) is 4.83 Å². The summed E-state index contributed by atoms with van der Waals surface area (Å²) in [5, 5.41) is 0. The van der Waals surface area contributed by atoms with Gasteiger partial charge in [-0.05, 0) is 36.3 Å². The molecular formula is C12H13BrF2. The highest BCUT2D eigenvalue weighted by Gasteiger charge is 2.33. The number of alkyl halides is 1. The molecule has 0 spiro atoms. The van der Waals surface area contributed by atoms with E-state index in [4.69, 9.17) is 0 Å². The Hall–Kier alpha value is -0.440. The molecule has 3 heteroatoms. The van der Waals surface area contributed by atoms with E-state index in [1.807, 2.05) is 0 Å². The van der Waals surface area contributed by atoms with Gasteiger partial charge in [0.05, 0.1) is 0 Å². The second-order valence-corrected chi connectivity index (χ2v) is 5.38. The van der Waals surface area contributed by atoms with Crippen molar-refractivity contribution in [1.82, 2.24) is 0 Å². The highest BCUT2D eigenvalue weighted by Crippen LogP contribution is 2.43. The van der Waals surface area contributed by atoms with Crippen molar-refractivity contribution < 1.29 is 8.78 Å². The Bertz CT molecular complexity index is 365. The summed E-state index contributed by atoms with van der Waals surface area (Å²) in [6.45, 7) is 2.08. The third kappa shape index (κ3) is 1.94. The molecule has 0 saturated heterocycles. The fraction of sp³-hybridized carbons (Fsp3) is 0.500. The van der Waals surface area contributed by atoms with Crippen LogP contribution >= 0.6 is 15.9 Å². The highest BCUT2D eigenvalue weighted by molar-refractivity contribution is 9.09. The minimum atomic E-state index is -0.738. The molecule has 1 aliphatic rings. The van der Waals surface area contributed by atoms with Crippen LogP contribution in [0, 0.1) is 17.6 Å². The van der Waals surface area contributed by atoms with Gasteiger partial charge in [-0.1, -0.05) is 35.0 Å². The van der Waals surface area contributed by atoms with Gasteiger partial charge in [-0.25, -0.2) is 8.78 Å². The van der Waals surface area contributed by atoms with E-state index in [9.17, 15) is 8.78 Å². The SMILES string of the molecule is CC1C(Br)CCC1c1cccc(F)c1F. The first-order valence-corrected chi connectivity index (χ1v) is 6.11. The number of halogens is 3. The largest absolute Gasteiger partial charge is 0.204 e. The van der Waals surface area contributed by atoms with Gasteiger partial charge in [-0.15, -0.1) is 0 Å². The van der Waals surface area contributed by atoms with Crippen molar-refractivity contribution in [1.29, 1.82) is 0 Å².